The molecule has 5 heteroatoms. The van der Waals surface area contributed by atoms with E-state index in [2.05, 4.69) is 52.9 Å². The minimum atomic E-state index is 0.304. The van der Waals surface area contributed by atoms with E-state index in [1.54, 1.807) is 23.7 Å². The SMILES string of the molecule is CC1=CC(=NCC2CCCNC2)c2nccnc2CC1c1ccc2sccc2c1. The monoisotopic (exact) mass is 402 g/mol. The third-order valence-corrected chi connectivity index (χ3v) is 7.02. The molecule has 2 atom stereocenters. The summed E-state index contributed by atoms with van der Waals surface area (Å²) in [5.41, 5.74) is 5.68. The summed E-state index contributed by atoms with van der Waals surface area (Å²) in [7, 11) is 0. The molecule has 0 spiro atoms. The fourth-order valence-electron chi connectivity index (χ4n) is 4.48. The number of allylic oxidation sites excluding steroid dienone is 2. The molecule has 1 aromatic carbocycles. The fourth-order valence-corrected chi connectivity index (χ4v) is 5.25. The highest BCUT2D eigenvalue weighted by Gasteiger charge is 2.24. The first kappa shape index (κ1) is 18.6. The van der Waals surface area contributed by atoms with Crippen LogP contribution in [0.2, 0.25) is 0 Å². The van der Waals surface area contributed by atoms with Crippen molar-refractivity contribution in [3.8, 4) is 0 Å². The second-order valence-corrected chi connectivity index (χ2v) is 9.10. The van der Waals surface area contributed by atoms with E-state index in [1.165, 1.54) is 34.1 Å². The van der Waals surface area contributed by atoms with Gasteiger partial charge in [0.1, 0.15) is 5.69 Å². The van der Waals surface area contributed by atoms with Gasteiger partial charge in [0, 0.05) is 36.0 Å². The van der Waals surface area contributed by atoms with Crippen LogP contribution in [0.1, 0.15) is 42.6 Å². The Balaban J connectivity index is 1.51. The van der Waals surface area contributed by atoms with Crippen LogP contribution in [0, 0.1) is 5.92 Å². The Morgan fingerprint density at radius 2 is 2.14 bits per heavy atom. The topological polar surface area (TPSA) is 50.2 Å². The molecule has 1 saturated heterocycles. The Bertz CT molecular complexity index is 1080. The van der Waals surface area contributed by atoms with Crippen LogP contribution in [0.3, 0.4) is 0 Å². The number of aromatic nitrogens is 2. The Morgan fingerprint density at radius 1 is 1.21 bits per heavy atom. The van der Waals surface area contributed by atoms with Crippen molar-refractivity contribution in [1.29, 1.82) is 0 Å². The highest BCUT2D eigenvalue weighted by Crippen LogP contribution is 2.34. The Kier molecular flexibility index (Phi) is 5.25. The smallest absolute Gasteiger partial charge is 0.110 e. The van der Waals surface area contributed by atoms with E-state index in [0.717, 1.165) is 43.2 Å². The quantitative estimate of drug-likeness (QED) is 0.687. The van der Waals surface area contributed by atoms with Crippen molar-refractivity contribution in [1.82, 2.24) is 15.3 Å². The normalized spacial score (nSPS) is 23.6. The van der Waals surface area contributed by atoms with Crippen LogP contribution in [0.4, 0.5) is 0 Å². The van der Waals surface area contributed by atoms with Crippen LogP contribution in [-0.4, -0.2) is 35.3 Å². The summed E-state index contributed by atoms with van der Waals surface area (Å²) in [5, 5.41) is 6.98. The van der Waals surface area contributed by atoms with Crippen molar-refractivity contribution in [2.45, 2.75) is 32.1 Å². The molecule has 148 valence electrons. The van der Waals surface area contributed by atoms with Crippen LogP contribution in [-0.2, 0) is 6.42 Å². The number of hydrogen-bond donors (Lipinski definition) is 1. The molecule has 0 amide bonds. The van der Waals surface area contributed by atoms with E-state index in [1.807, 2.05) is 0 Å². The third kappa shape index (κ3) is 3.89. The third-order valence-electron chi connectivity index (χ3n) is 6.13. The first-order chi connectivity index (χ1) is 14.3. The molecule has 3 heterocycles. The van der Waals surface area contributed by atoms with E-state index in [4.69, 9.17) is 9.98 Å². The lowest BCUT2D eigenvalue weighted by Crippen LogP contribution is -2.31. The number of nitrogens with one attached hydrogen (secondary N) is 1. The van der Waals surface area contributed by atoms with Crippen molar-refractivity contribution < 1.29 is 0 Å². The molecule has 0 saturated carbocycles. The van der Waals surface area contributed by atoms with Crippen LogP contribution in [0.25, 0.3) is 10.1 Å². The van der Waals surface area contributed by atoms with Crippen molar-refractivity contribution >= 4 is 27.1 Å². The average Bonchev–Trinajstić information content (AvgIpc) is 3.18. The van der Waals surface area contributed by atoms with Crippen molar-refractivity contribution in [2.75, 3.05) is 19.6 Å². The van der Waals surface area contributed by atoms with Gasteiger partial charge in [0.05, 0.1) is 11.4 Å². The van der Waals surface area contributed by atoms with Gasteiger partial charge in [0.2, 0.25) is 0 Å². The standard InChI is InChI=1S/C24H26N4S/c1-16-11-21(28-15-17-3-2-7-25-14-17)24-22(26-8-9-27-24)13-20(16)18-4-5-23-19(12-18)6-10-29-23/h4-6,8-12,17,20,25H,2-3,7,13-15H2,1H3. The van der Waals surface area contributed by atoms with Crippen LogP contribution >= 0.6 is 11.3 Å². The minimum Gasteiger partial charge on any atom is -0.316 e. The molecule has 1 aliphatic carbocycles. The zero-order valence-corrected chi connectivity index (χ0v) is 17.6. The lowest BCUT2D eigenvalue weighted by molar-refractivity contribution is 0.386. The first-order valence-corrected chi connectivity index (χ1v) is 11.4. The minimum absolute atomic E-state index is 0.304. The second-order valence-electron chi connectivity index (χ2n) is 8.15. The number of hydrogen-bond acceptors (Lipinski definition) is 5. The zero-order valence-electron chi connectivity index (χ0n) is 16.8. The summed E-state index contributed by atoms with van der Waals surface area (Å²) in [6.45, 7) is 5.28. The predicted molar refractivity (Wildman–Crippen MR) is 121 cm³/mol. The number of nitrogens with zero attached hydrogens (tertiary/aromatic N) is 3. The first-order valence-electron chi connectivity index (χ1n) is 10.5. The Hall–Kier alpha value is -2.37. The molecular formula is C24H26N4S. The summed E-state index contributed by atoms with van der Waals surface area (Å²) in [6, 6.07) is 9.06. The van der Waals surface area contributed by atoms with E-state index >= 15 is 0 Å². The van der Waals surface area contributed by atoms with Gasteiger partial charge in [-0.05, 0) is 79.4 Å². The average molecular weight is 403 g/mol. The van der Waals surface area contributed by atoms with Crippen LogP contribution in [0.5, 0.6) is 0 Å². The zero-order chi connectivity index (χ0) is 19.6. The molecule has 29 heavy (non-hydrogen) atoms. The highest BCUT2D eigenvalue weighted by molar-refractivity contribution is 7.17. The fraction of sp³-hybridized carbons (Fsp3) is 0.375. The number of fused-ring (bicyclic) bond motifs is 2. The van der Waals surface area contributed by atoms with Gasteiger partial charge in [-0.2, -0.15) is 0 Å². The Labute approximate surface area is 175 Å². The summed E-state index contributed by atoms with van der Waals surface area (Å²) < 4.78 is 1.34. The molecule has 1 fully saturated rings. The second kappa shape index (κ2) is 8.17. The number of thiophene rings is 1. The van der Waals surface area contributed by atoms with Gasteiger partial charge in [0.15, 0.2) is 0 Å². The maximum absolute atomic E-state index is 5.03. The van der Waals surface area contributed by atoms with E-state index in [9.17, 15) is 0 Å². The molecule has 2 unspecified atom stereocenters. The van der Waals surface area contributed by atoms with Crippen molar-refractivity contribution in [3.63, 3.8) is 0 Å². The van der Waals surface area contributed by atoms with Gasteiger partial charge in [-0.25, -0.2) is 0 Å². The summed E-state index contributed by atoms with van der Waals surface area (Å²) in [4.78, 5) is 14.4. The summed E-state index contributed by atoms with van der Waals surface area (Å²) >= 11 is 1.80. The van der Waals surface area contributed by atoms with Gasteiger partial charge in [-0.15, -0.1) is 11.3 Å². The van der Waals surface area contributed by atoms with Gasteiger partial charge in [-0.1, -0.05) is 11.6 Å². The number of piperidine rings is 1. The lowest BCUT2D eigenvalue weighted by Gasteiger charge is -2.21. The molecule has 2 aliphatic rings. The molecule has 1 aliphatic heterocycles. The van der Waals surface area contributed by atoms with E-state index < -0.39 is 0 Å². The van der Waals surface area contributed by atoms with Crippen molar-refractivity contribution in [2.24, 2.45) is 10.9 Å². The number of benzene rings is 1. The lowest BCUT2D eigenvalue weighted by atomic mass is 9.88. The number of rotatable bonds is 3. The molecule has 1 N–H and O–H groups in total. The van der Waals surface area contributed by atoms with Crippen LogP contribution < -0.4 is 5.32 Å². The van der Waals surface area contributed by atoms with Gasteiger partial charge in [0.25, 0.3) is 0 Å². The Morgan fingerprint density at radius 3 is 3.03 bits per heavy atom. The summed E-state index contributed by atoms with van der Waals surface area (Å²) in [5.74, 6) is 0.920. The maximum atomic E-state index is 5.03. The van der Waals surface area contributed by atoms with E-state index in [-0.39, 0.29) is 0 Å². The molecule has 2 aromatic heterocycles. The number of aliphatic imine (C=N–C) groups is 1. The molecule has 0 radical (unpaired) electrons. The largest absolute Gasteiger partial charge is 0.316 e. The molecule has 3 aromatic rings. The molecule has 4 nitrogen and oxygen atoms in total. The van der Waals surface area contributed by atoms with Gasteiger partial charge in [-0.3, -0.25) is 15.0 Å². The summed E-state index contributed by atoms with van der Waals surface area (Å²) in [6.07, 6.45) is 9.21. The maximum Gasteiger partial charge on any atom is 0.110 e. The van der Waals surface area contributed by atoms with E-state index in [0.29, 0.717) is 11.8 Å². The van der Waals surface area contributed by atoms with Crippen LogP contribution in [0.15, 0.2) is 58.7 Å². The predicted octanol–water partition coefficient (Wildman–Crippen LogP) is 4.77. The highest BCUT2D eigenvalue weighted by atomic mass is 32.1. The molecule has 5 rings (SSSR count). The molecular weight excluding hydrogens is 376 g/mol. The van der Waals surface area contributed by atoms with Crippen molar-refractivity contribution in [3.05, 3.63) is 70.6 Å². The van der Waals surface area contributed by atoms with Gasteiger partial charge >= 0.3 is 0 Å². The molecule has 0 bridgehead atoms. The van der Waals surface area contributed by atoms with Gasteiger partial charge < -0.3 is 5.32 Å².